The molecule has 0 fully saturated rings. The molecule has 2 aromatic rings. The summed E-state index contributed by atoms with van der Waals surface area (Å²) in [5.74, 6) is 1.24. The number of aryl methyl sites for hydroxylation is 1. The highest BCUT2D eigenvalue weighted by Gasteiger charge is 2.12. The highest BCUT2D eigenvalue weighted by atomic mass is 35.5. The Kier molecular flexibility index (Phi) is 4.81. The van der Waals surface area contributed by atoms with E-state index in [0.717, 1.165) is 29.8 Å². The van der Waals surface area contributed by atoms with Gasteiger partial charge in [0, 0.05) is 6.54 Å². The summed E-state index contributed by atoms with van der Waals surface area (Å²) in [4.78, 5) is 4.51. The molecule has 1 heterocycles. The summed E-state index contributed by atoms with van der Waals surface area (Å²) in [6, 6.07) is 7.91. The molecule has 0 amide bonds. The van der Waals surface area contributed by atoms with Crippen LogP contribution in [0.2, 0.25) is 0 Å². The van der Waals surface area contributed by atoms with Gasteiger partial charge in [0.15, 0.2) is 0 Å². The van der Waals surface area contributed by atoms with Gasteiger partial charge in [-0.15, -0.1) is 11.6 Å². The van der Waals surface area contributed by atoms with E-state index in [1.54, 1.807) is 6.07 Å². The van der Waals surface area contributed by atoms with Crippen LogP contribution in [-0.4, -0.2) is 9.55 Å². The average Bonchev–Trinajstić information content (AvgIpc) is 2.81. The van der Waals surface area contributed by atoms with Crippen LogP contribution in [0.25, 0.3) is 11.0 Å². The second kappa shape index (κ2) is 6.58. The van der Waals surface area contributed by atoms with Gasteiger partial charge in [-0.3, -0.25) is 0 Å². The van der Waals surface area contributed by atoms with Gasteiger partial charge in [-0.25, -0.2) is 4.98 Å². The summed E-state index contributed by atoms with van der Waals surface area (Å²) < 4.78 is 2.15. The molecule has 0 aliphatic rings. The lowest BCUT2D eigenvalue weighted by atomic mass is 10.2. The molecule has 0 aliphatic heterocycles. The molecule has 1 aromatic carbocycles. The first kappa shape index (κ1) is 13.9. The van der Waals surface area contributed by atoms with Crippen LogP contribution in [0.4, 0.5) is 0 Å². The first-order valence-corrected chi connectivity index (χ1v) is 7.29. The second-order valence-corrected chi connectivity index (χ2v) is 4.93. The van der Waals surface area contributed by atoms with Crippen LogP contribution >= 0.6 is 11.6 Å². The van der Waals surface area contributed by atoms with Gasteiger partial charge in [-0.2, -0.15) is 5.26 Å². The third-order valence-electron chi connectivity index (χ3n) is 3.33. The monoisotopic (exact) mass is 275 g/mol. The maximum absolute atomic E-state index is 9.12. The van der Waals surface area contributed by atoms with E-state index in [2.05, 4.69) is 22.5 Å². The number of rotatable bonds is 6. The lowest BCUT2D eigenvalue weighted by Crippen LogP contribution is -2.02. The number of halogens is 1. The number of alkyl halides is 1. The predicted molar refractivity (Wildman–Crippen MR) is 78.1 cm³/mol. The molecule has 4 heteroatoms. The highest BCUT2D eigenvalue weighted by Crippen LogP contribution is 2.21. The van der Waals surface area contributed by atoms with Crippen molar-refractivity contribution in [1.82, 2.24) is 9.55 Å². The molecular formula is C15H18ClN3. The molecule has 0 unspecified atom stereocenters. The molecule has 3 nitrogen and oxygen atoms in total. The van der Waals surface area contributed by atoms with E-state index in [9.17, 15) is 0 Å². The molecule has 19 heavy (non-hydrogen) atoms. The molecule has 0 aliphatic carbocycles. The van der Waals surface area contributed by atoms with E-state index in [-0.39, 0.29) is 0 Å². The normalized spacial score (nSPS) is 10.8. The molecule has 0 radical (unpaired) electrons. The van der Waals surface area contributed by atoms with Crippen molar-refractivity contribution in [2.45, 2.75) is 45.0 Å². The molecule has 0 saturated carbocycles. The predicted octanol–water partition coefficient (Wildman–Crippen LogP) is 4.23. The van der Waals surface area contributed by atoms with Crippen LogP contribution in [0.1, 0.15) is 44.0 Å². The number of nitriles is 1. The lowest BCUT2D eigenvalue weighted by Gasteiger charge is -2.07. The Morgan fingerprint density at radius 3 is 2.84 bits per heavy atom. The Bertz CT molecular complexity index is 595. The van der Waals surface area contributed by atoms with Gasteiger partial charge in [-0.05, 0) is 18.6 Å². The van der Waals surface area contributed by atoms with Gasteiger partial charge in [0.25, 0.3) is 0 Å². The first-order valence-electron chi connectivity index (χ1n) is 6.76. The molecule has 0 saturated heterocycles. The summed E-state index contributed by atoms with van der Waals surface area (Å²) in [5.41, 5.74) is 2.42. The van der Waals surface area contributed by atoms with Crippen molar-refractivity contribution in [3.8, 4) is 6.07 Å². The second-order valence-electron chi connectivity index (χ2n) is 4.66. The third kappa shape index (κ3) is 2.90. The van der Waals surface area contributed by atoms with Crippen LogP contribution < -0.4 is 0 Å². The Hall–Kier alpha value is -1.53. The van der Waals surface area contributed by atoms with Crippen molar-refractivity contribution in [1.29, 1.82) is 5.26 Å². The molecular weight excluding hydrogens is 258 g/mol. The van der Waals surface area contributed by atoms with Crippen LogP contribution in [-0.2, 0) is 12.4 Å². The van der Waals surface area contributed by atoms with Gasteiger partial charge in [-0.1, -0.05) is 32.3 Å². The number of aromatic nitrogens is 2. The van der Waals surface area contributed by atoms with E-state index in [4.69, 9.17) is 16.9 Å². The minimum Gasteiger partial charge on any atom is -0.327 e. The van der Waals surface area contributed by atoms with Gasteiger partial charge >= 0.3 is 0 Å². The minimum absolute atomic E-state index is 0.382. The highest BCUT2D eigenvalue weighted by molar-refractivity contribution is 6.16. The molecule has 0 bridgehead atoms. The van der Waals surface area contributed by atoms with Crippen molar-refractivity contribution in [3.63, 3.8) is 0 Å². The Morgan fingerprint density at radius 2 is 2.16 bits per heavy atom. The van der Waals surface area contributed by atoms with Gasteiger partial charge < -0.3 is 4.57 Å². The van der Waals surface area contributed by atoms with Crippen molar-refractivity contribution >= 4 is 22.6 Å². The summed E-state index contributed by atoms with van der Waals surface area (Å²) >= 11 is 5.97. The molecule has 0 spiro atoms. The summed E-state index contributed by atoms with van der Waals surface area (Å²) in [5, 5.41) is 9.12. The number of nitrogens with zero attached hydrogens (tertiary/aromatic N) is 3. The first-order chi connectivity index (χ1) is 9.31. The van der Waals surface area contributed by atoms with Crippen LogP contribution in [0, 0.1) is 11.3 Å². The average molecular weight is 276 g/mol. The van der Waals surface area contributed by atoms with E-state index >= 15 is 0 Å². The van der Waals surface area contributed by atoms with Crippen LogP contribution in [0.5, 0.6) is 0 Å². The largest absolute Gasteiger partial charge is 0.327 e. The Morgan fingerprint density at radius 1 is 1.32 bits per heavy atom. The number of hydrogen-bond donors (Lipinski definition) is 0. The van der Waals surface area contributed by atoms with Crippen LogP contribution in [0.15, 0.2) is 18.2 Å². The van der Waals surface area contributed by atoms with Gasteiger partial charge in [0.1, 0.15) is 17.4 Å². The fourth-order valence-corrected chi connectivity index (χ4v) is 2.54. The minimum atomic E-state index is 0.382. The topological polar surface area (TPSA) is 41.6 Å². The maximum Gasteiger partial charge on any atom is 0.124 e. The quantitative estimate of drug-likeness (QED) is 0.585. The summed E-state index contributed by atoms with van der Waals surface area (Å²) in [6.45, 7) is 3.13. The Balaban J connectivity index is 2.33. The van der Waals surface area contributed by atoms with Crippen molar-refractivity contribution in [2.24, 2.45) is 0 Å². The zero-order valence-corrected chi connectivity index (χ0v) is 12.0. The summed E-state index contributed by atoms with van der Waals surface area (Å²) in [7, 11) is 0. The number of para-hydroxylation sites is 1. The Labute approximate surface area is 118 Å². The zero-order valence-electron chi connectivity index (χ0n) is 11.2. The molecule has 1 aromatic heterocycles. The number of unbranched alkanes of at least 4 members (excludes halogenated alkanes) is 3. The maximum atomic E-state index is 9.12. The third-order valence-corrected chi connectivity index (χ3v) is 3.57. The molecule has 100 valence electrons. The van der Waals surface area contributed by atoms with Crippen molar-refractivity contribution < 1.29 is 0 Å². The van der Waals surface area contributed by atoms with E-state index in [1.807, 2.05) is 12.1 Å². The van der Waals surface area contributed by atoms with Gasteiger partial charge in [0.2, 0.25) is 0 Å². The van der Waals surface area contributed by atoms with E-state index < -0.39 is 0 Å². The van der Waals surface area contributed by atoms with Crippen LogP contribution in [0.3, 0.4) is 0 Å². The number of hydrogen-bond acceptors (Lipinski definition) is 2. The lowest BCUT2D eigenvalue weighted by molar-refractivity contribution is 0.581. The standard InChI is InChI=1S/C15H18ClN3/c1-2-3-4-5-9-19-13-8-6-7-12(11-17)15(13)18-14(19)10-16/h6-8H,2-5,9-10H2,1H3. The van der Waals surface area contributed by atoms with E-state index in [1.165, 1.54) is 19.3 Å². The number of fused-ring (bicyclic) bond motifs is 1. The number of imidazole rings is 1. The number of benzene rings is 1. The molecule has 0 atom stereocenters. The van der Waals surface area contributed by atoms with E-state index in [0.29, 0.717) is 11.4 Å². The molecule has 2 rings (SSSR count). The summed E-state index contributed by atoms with van der Waals surface area (Å²) in [6.07, 6.45) is 4.83. The zero-order chi connectivity index (χ0) is 13.7. The van der Waals surface area contributed by atoms with Crippen molar-refractivity contribution in [2.75, 3.05) is 0 Å². The molecule has 0 N–H and O–H groups in total. The fraction of sp³-hybridized carbons (Fsp3) is 0.467. The van der Waals surface area contributed by atoms with Gasteiger partial charge in [0.05, 0.1) is 17.0 Å². The fourth-order valence-electron chi connectivity index (χ4n) is 2.33. The smallest absolute Gasteiger partial charge is 0.124 e. The van der Waals surface area contributed by atoms with Crippen molar-refractivity contribution in [3.05, 3.63) is 29.6 Å². The SMILES string of the molecule is CCCCCCn1c(CCl)nc2c(C#N)cccc21.